The van der Waals surface area contributed by atoms with Crippen molar-refractivity contribution in [3.8, 4) is 0 Å². The number of ether oxygens (including phenoxy) is 1. The van der Waals surface area contributed by atoms with Crippen LogP contribution in [0.15, 0.2) is 23.3 Å². The topological polar surface area (TPSA) is 46.5 Å². The zero-order valence-corrected chi connectivity index (χ0v) is 14.9. The van der Waals surface area contributed by atoms with E-state index >= 15 is 0 Å². The Labute approximate surface area is 139 Å². The summed E-state index contributed by atoms with van der Waals surface area (Å²) in [6.45, 7) is 9.36. The van der Waals surface area contributed by atoms with E-state index in [4.69, 9.17) is 4.74 Å². The maximum Gasteiger partial charge on any atom is 0.334 e. The molecule has 0 aromatic rings. The highest BCUT2D eigenvalue weighted by Gasteiger charge is 2.59. The van der Waals surface area contributed by atoms with Crippen LogP contribution in [0.3, 0.4) is 0 Å². The summed E-state index contributed by atoms with van der Waals surface area (Å²) in [5, 5.41) is 10.8. The van der Waals surface area contributed by atoms with Crippen molar-refractivity contribution in [3.05, 3.63) is 23.3 Å². The fourth-order valence-electron chi connectivity index (χ4n) is 5.40. The largest absolute Gasteiger partial charge is 0.462 e. The highest BCUT2D eigenvalue weighted by atomic mass is 16.5. The molecule has 0 spiro atoms. The van der Waals surface area contributed by atoms with Crippen molar-refractivity contribution in [1.82, 2.24) is 0 Å². The van der Waals surface area contributed by atoms with Crippen molar-refractivity contribution >= 4 is 5.97 Å². The molecule has 1 heterocycles. The van der Waals surface area contributed by atoms with Crippen LogP contribution in [0.4, 0.5) is 0 Å². The van der Waals surface area contributed by atoms with E-state index in [1.807, 2.05) is 0 Å². The Hall–Kier alpha value is -1.09. The van der Waals surface area contributed by atoms with Crippen molar-refractivity contribution in [2.75, 3.05) is 6.61 Å². The lowest BCUT2D eigenvalue weighted by Gasteiger charge is -2.58. The molecule has 0 radical (unpaired) electrons. The third kappa shape index (κ3) is 2.57. The standard InChI is InChI=1S/C20H30O3/c1-13(2)6-5-10-20(4)16-8-7-14-15(12-23-18(14)22)19(16,3)11-9-17(20)21/h6-7,15-17,21H,5,8-12H2,1-4H3/t15-,16-,17-,19+,20-/m0/s1. The number of carbonyl (C=O) groups is 1. The monoisotopic (exact) mass is 318 g/mol. The Morgan fingerprint density at radius 1 is 1.43 bits per heavy atom. The van der Waals surface area contributed by atoms with Gasteiger partial charge in [-0.15, -0.1) is 0 Å². The molecule has 1 saturated heterocycles. The molecule has 23 heavy (non-hydrogen) atoms. The third-order valence-electron chi connectivity index (χ3n) is 6.91. The molecule has 2 fully saturated rings. The van der Waals surface area contributed by atoms with Gasteiger partial charge in [0.1, 0.15) is 0 Å². The first-order chi connectivity index (χ1) is 10.8. The number of hydrogen-bond acceptors (Lipinski definition) is 3. The summed E-state index contributed by atoms with van der Waals surface area (Å²) in [7, 11) is 0. The van der Waals surface area contributed by atoms with Gasteiger partial charge in [0, 0.05) is 11.5 Å². The van der Waals surface area contributed by atoms with E-state index in [0.717, 1.165) is 37.7 Å². The van der Waals surface area contributed by atoms with Gasteiger partial charge in [0.15, 0.2) is 0 Å². The van der Waals surface area contributed by atoms with E-state index < -0.39 is 0 Å². The normalized spacial score (nSPS) is 42.4. The molecule has 0 amide bonds. The highest BCUT2D eigenvalue weighted by Crippen LogP contribution is 2.62. The average Bonchev–Trinajstić information content (AvgIpc) is 2.86. The van der Waals surface area contributed by atoms with Crippen LogP contribution >= 0.6 is 0 Å². The number of aliphatic hydroxyl groups excluding tert-OH is 1. The zero-order chi connectivity index (χ0) is 16.8. The molecule has 3 heteroatoms. The number of cyclic esters (lactones) is 1. The minimum Gasteiger partial charge on any atom is -0.462 e. The quantitative estimate of drug-likeness (QED) is 0.631. The first kappa shape index (κ1) is 16.8. The number of esters is 1. The highest BCUT2D eigenvalue weighted by molar-refractivity contribution is 5.91. The fraction of sp³-hybridized carbons (Fsp3) is 0.750. The zero-order valence-electron chi connectivity index (χ0n) is 14.9. The van der Waals surface area contributed by atoms with Crippen LogP contribution in [0.1, 0.15) is 59.8 Å². The van der Waals surface area contributed by atoms with Crippen LogP contribution in [-0.2, 0) is 9.53 Å². The molecule has 3 nitrogen and oxygen atoms in total. The van der Waals surface area contributed by atoms with Crippen molar-refractivity contribution in [2.24, 2.45) is 22.7 Å². The first-order valence-corrected chi connectivity index (χ1v) is 8.97. The van der Waals surface area contributed by atoms with Crippen LogP contribution in [0.2, 0.25) is 0 Å². The van der Waals surface area contributed by atoms with E-state index in [1.54, 1.807) is 0 Å². The number of rotatable bonds is 3. The maximum atomic E-state index is 12.0. The van der Waals surface area contributed by atoms with Crippen molar-refractivity contribution < 1.29 is 14.6 Å². The fourth-order valence-corrected chi connectivity index (χ4v) is 5.40. The molecule has 128 valence electrons. The summed E-state index contributed by atoms with van der Waals surface area (Å²) in [5.74, 6) is 0.503. The summed E-state index contributed by atoms with van der Waals surface area (Å²) >= 11 is 0. The SMILES string of the molecule is CC(C)=CCC[C@@]1(C)[C@H]2CC=C3C(=O)OC[C@@H]3[C@@]2(C)CC[C@@H]1O. The minimum atomic E-state index is -0.251. The molecule has 0 bridgehead atoms. The van der Waals surface area contributed by atoms with Crippen LogP contribution in [-0.4, -0.2) is 23.8 Å². The van der Waals surface area contributed by atoms with E-state index in [1.165, 1.54) is 5.57 Å². The van der Waals surface area contributed by atoms with Crippen LogP contribution in [0.25, 0.3) is 0 Å². The molecule has 1 aliphatic heterocycles. The molecule has 1 saturated carbocycles. The Morgan fingerprint density at radius 3 is 2.87 bits per heavy atom. The summed E-state index contributed by atoms with van der Waals surface area (Å²) < 4.78 is 5.34. The minimum absolute atomic E-state index is 0.0647. The smallest absolute Gasteiger partial charge is 0.334 e. The van der Waals surface area contributed by atoms with Gasteiger partial charge in [-0.25, -0.2) is 4.79 Å². The van der Waals surface area contributed by atoms with Gasteiger partial charge in [0.05, 0.1) is 12.7 Å². The van der Waals surface area contributed by atoms with E-state index in [9.17, 15) is 9.90 Å². The number of hydrogen-bond donors (Lipinski definition) is 1. The molecule has 0 aromatic heterocycles. The van der Waals surface area contributed by atoms with E-state index in [0.29, 0.717) is 12.5 Å². The van der Waals surface area contributed by atoms with Crippen molar-refractivity contribution in [3.63, 3.8) is 0 Å². The maximum absolute atomic E-state index is 12.0. The average molecular weight is 318 g/mol. The molecular formula is C20H30O3. The van der Waals surface area contributed by atoms with Crippen molar-refractivity contribution in [1.29, 1.82) is 0 Å². The Balaban J connectivity index is 1.91. The molecule has 0 unspecified atom stereocenters. The first-order valence-electron chi connectivity index (χ1n) is 8.97. The van der Waals surface area contributed by atoms with Gasteiger partial charge in [-0.3, -0.25) is 0 Å². The molecule has 1 N–H and O–H groups in total. The second kappa shape index (κ2) is 5.77. The number of aliphatic hydroxyl groups is 1. The number of fused-ring (bicyclic) bond motifs is 3. The van der Waals surface area contributed by atoms with Gasteiger partial charge in [-0.05, 0) is 62.7 Å². The Kier molecular flexibility index (Phi) is 4.20. The summed E-state index contributed by atoms with van der Waals surface area (Å²) in [6, 6.07) is 0. The third-order valence-corrected chi connectivity index (χ3v) is 6.91. The number of allylic oxidation sites excluding steroid dienone is 3. The predicted octanol–water partition coefficient (Wildman–Crippen LogP) is 4.02. The second-order valence-electron chi connectivity index (χ2n) is 8.49. The summed E-state index contributed by atoms with van der Waals surface area (Å²) in [5.41, 5.74) is 2.20. The van der Waals surface area contributed by atoms with Gasteiger partial charge in [0.2, 0.25) is 0 Å². The lowest BCUT2D eigenvalue weighted by atomic mass is 9.47. The van der Waals surface area contributed by atoms with E-state index in [2.05, 4.69) is 39.8 Å². The molecule has 2 aliphatic carbocycles. The van der Waals surface area contributed by atoms with Gasteiger partial charge in [-0.1, -0.05) is 31.6 Å². The Morgan fingerprint density at radius 2 is 2.17 bits per heavy atom. The van der Waals surface area contributed by atoms with Gasteiger partial charge in [0.25, 0.3) is 0 Å². The molecule has 3 aliphatic rings. The number of carbonyl (C=O) groups excluding carboxylic acids is 1. The van der Waals surface area contributed by atoms with E-state index in [-0.39, 0.29) is 28.8 Å². The van der Waals surface area contributed by atoms with Crippen LogP contribution in [0.5, 0.6) is 0 Å². The van der Waals surface area contributed by atoms with Crippen LogP contribution in [0, 0.1) is 22.7 Å². The molecule has 0 aromatic carbocycles. The van der Waals surface area contributed by atoms with Crippen LogP contribution < -0.4 is 0 Å². The van der Waals surface area contributed by atoms with Gasteiger partial charge < -0.3 is 9.84 Å². The van der Waals surface area contributed by atoms with Gasteiger partial charge >= 0.3 is 5.97 Å². The summed E-state index contributed by atoms with van der Waals surface area (Å²) in [4.78, 5) is 12.0. The Bertz CT molecular complexity index is 557. The van der Waals surface area contributed by atoms with Gasteiger partial charge in [-0.2, -0.15) is 0 Å². The molecule has 5 atom stereocenters. The predicted molar refractivity (Wildman–Crippen MR) is 90.8 cm³/mol. The molecule has 3 rings (SSSR count). The lowest BCUT2D eigenvalue weighted by molar-refractivity contribution is -0.135. The molecular weight excluding hydrogens is 288 g/mol. The lowest BCUT2D eigenvalue weighted by Crippen LogP contribution is -2.55. The summed E-state index contributed by atoms with van der Waals surface area (Å²) in [6.07, 6.45) is 8.84. The second-order valence-corrected chi connectivity index (χ2v) is 8.49. The van der Waals surface area contributed by atoms with Crippen molar-refractivity contribution in [2.45, 2.75) is 65.9 Å².